The van der Waals surface area contributed by atoms with Crippen LogP contribution in [-0.2, 0) is 6.54 Å². The van der Waals surface area contributed by atoms with Crippen LogP contribution in [0.3, 0.4) is 0 Å². The molecule has 0 radical (unpaired) electrons. The average Bonchev–Trinajstić information content (AvgIpc) is 3.40. The smallest absolute Gasteiger partial charge is 0.253 e. The fraction of sp³-hybridized carbons (Fsp3) is 0.300. The first-order chi connectivity index (χ1) is 13.2. The van der Waals surface area contributed by atoms with Gasteiger partial charge in [-0.15, -0.1) is 11.3 Å². The molecule has 0 saturated carbocycles. The lowest BCUT2D eigenvalue weighted by atomic mass is 9.96. The number of nitriles is 1. The van der Waals surface area contributed by atoms with Crippen LogP contribution >= 0.6 is 11.3 Å². The third-order valence-corrected chi connectivity index (χ3v) is 5.53. The summed E-state index contributed by atoms with van der Waals surface area (Å²) in [6.45, 7) is 2.12. The van der Waals surface area contributed by atoms with Gasteiger partial charge in [-0.25, -0.2) is 9.97 Å². The molecule has 136 valence electrons. The summed E-state index contributed by atoms with van der Waals surface area (Å²) < 4.78 is 2.13. The van der Waals surface area contributed by atoms with Gasteiger partial charge in [0.05, 0.1) is 29.4 Å². The normalized spacial score (nSPS) is 16.9. The highest BCUT2D eigenvalue weighted by Crippen LogP contribution is 2.27. The number of imidazole rings is 1. The van der Waals surface area contributed by atoms with Crippen LogP contribution in [0.25, 0.3) is 0 Å². The fourth-order valence-electron chi connectivity index (χ4n) is 3.55. The van der Waals surface area contributed by atoms with Gasteiger partial charge >= 0.3 is 0 Å². The molecule has 4 rings (SSSR count). The number of aromatic nitrogens is 3. The molecule has 1 saturated heterocycles. The Labute approximate surface area is 161 Å². The minimum absolute atomic E-state index is 0.0156. The summed E-state index contributed by atoms with van der Waals surface area (Å²) in [4.78, 5) is 23.7. The van der Waals surface area contributed by atoms with E-state index in [9.17, 15) is 4.79 Å². The van der Waals surface area contributed by atoms with Gasteiger partial charge < -0.3 is 9.47 Å². The van der Waals surface area contributed by atoms with Crippen molar-refractivity contribution in [2.24, 2.45) is 0 Å². The number of piperidine rings is 1. The maximum absolute atomic E-state index is 12.9. The van der Waals surface area contributed by atoms with E-state index in [0.29, 0.717) is 24.2 Å². The molecule has 0 spiro atoms. The highest BCUT2D eigenvalue weighted by Gasteiger charge is 2.28. The van der Waals surface area contributed by atoms with E-state index >= 15 is 0 Å². The van der Waals surface area contributed by atoms with Crippen molar-refractivity contribution in [3.63, 3.8) is 0 Å². The maximum atomic E-state index is 12.9. The Morgan fingerprint density at radius 3 is 2.89 bits per heavy atom. The van der Waals surface area contributed by atoms with Gasteiger partial charge in [-0.05, 0) is 37.1 Å². The van der Waals surface area contributed by atoms with Crippen LogP contribution in [0.5, 0.6) is 0 Å². The van der Waals surface area contributed by atoms with Crippen molar-refractivity contribution < 1.29 is 4.79 Å². The first-order valence-electron chi connectivity index (χ1n) is 8.92. The van der Waals surface area contributed by atoms with E-state index in [1.807, 2.05) is 28.2 Å². The molecule has 2 aromatic heterocycles. The number of thiazole rings is 1. The van der Waals surface area contributed by atoms with Gasteiger partial charge in [0.25, 0.3) is 5.91 Å². The van der Waals surface area contributed by atoms with Crippen LogP contribution in [0.2, 0.25) is 0 Å². The molecular weight excluding hydrogens is 358 g/mol. The third-order valence-electron chi connectivity index (χ3n) is 4.90. The number of benzene rings is 1. The second kappa shape index (κ2) is 7.72. The predicted octanol–water partition coefficient (Wildman–Crippen LogP) is 3.28. The lowest BCUT2D eigenvalue weighted by Gasteiger charge is -2.32. The number of hydrogen-bond donors (Lipinski definition) is 0. The first-order valence-corrected chi connectivity index (χ1v) is 9.86. The van der Waals surface area contributed by atoms with Crippen molar-refractivity contribution >= 4 is 17.2 Å². The van der Waals surface area contributed by atoms with Gasteiger partial charge in [0.15, 0.2) is 0 Å². The number of nitrogens with zero attached hydrogens (tertiary/aromatic N) is 5. The fourth-order valence-corrected chi connectivity index (χ4v) is 4.10. The molecular formula is C20H19N5OS. The molecule has 1 aliphatic heterocycles. The molecule has 0 unspecified atom stereocenters. The summed E-state index contributed by atoms with van der Waals surface area (Å²) in [5.41, 5.74) is 4.05. The van der Waals surface area contributed by atoms with Gasteiger partial charge in [0.1, 0.15) is 5.82 Å². The van der Waals surface area contributed by atoms with Crippen molar-refractivity contribution in [1.29, 1.82) is 5.26 Å². The van der Waals surface area contributed by atoms with Crippen LogP contribution < -0.4 is 0 Å². The maximum Gasteiger partial charge on any atom is 0.253 e. The minimum atomic E-state index is 0.0156. The first kappa shape index (κ1) is 17.4. The van der Waals surface area contributed by atoms with Gasteiger partial charge in [-0.2, -0.15) is 5.26 Å². The van der Waals surface area contributed by atoms with Gasteiger partial charge in [-0.1, -0.05) is 0 Å². The van der Waals surface area contributed by atoms with Gasteiger partial charge in [0.2, 0.25) is 0 Å². The van der Waals surface area contributed by atoms with E-state index in [1.54, 1.807) is 35.6 Å². The lowest BCUT2D eigenvalue weighted by Crippen LogP contribution is -2.39. The van der Waals surface area contributed by atoms with E-state index in [4.69, 9.17) is 5.26 Å². The Kier molecular flexibility index (Phi) is 4.99. The predicted molar refractivity (Wildman–Crippen MR) is 102 cm³/mol. The number of rotatable bonds is 4. The van der Waals surface area contributed by atoms with Crippen molar-refractivity contribution in [3.8, 4) is 6.07 Å². The van der Waals surface area contributed by atoms with Crippen LogP contribution in [0, 0.1) is 11.3 Å². The molecule has 0 bridgehead atoms. The van der Waals surface area contributed by atoms with Crippen molar-refractivity contribution in [3.05, 3.63) is 70.2 Å². The van der Waals surface area contributed by atoms with Crippen LogP contribution in [0.4, 0.5) is 0 Å². The van der Waals surface area contributed by atoms with Gasteiger partial charge in [0, 0.05) is 42.3 Å². The molecule has 6 nitrogen and oxygen atoms in total. The zero-order valence-corrected chi connectivity index (χ0v) is 15.6. The second-order valence-corrected chi connectivity index (χ2v) is 7.39. The molecule has 0 N–H and O–H groups in total. The second-order valence-electron chi connectivity index (χ2n) is 6.67. The van der Waals surface area contributed by atoms with Crippen molar-refractivity contribution in [2.45, 2.75) is 25.3 Å². The number of amides is 1. The van der Waals surface area contributed by atoms with Crippen LogP contribution in [0.15, 0.2) is 47.5 Å². The number of likely N-dealkylation sites (tertiary alicyclic amines) is 1. The summed E-state index contributed by atoms with van der Waals surface area (Å²) in [7, 11) is 0. The van der Waals surface area contributed by atoms with E-state index in [-0.39, 0.29) is 11.8 Å². The highest BCUT2D eigenvalue weighted by atomic mass is 32.1. The molecule has 1 aromatic carbocycles. The minimum Gasteiger partial charge on any atom is -0.338 e. The highest BCUT2D eigenvalue weighted by molar-refractivity contribution is 7.07. The lowest BCUT2D eigenvalue weighted by molar-refractivity contribution is 0.0703. The summed E-state index contributed by atoms with van der Waals surface area (Å²) in [6.07, 6.45) is 5.78. The van der Waals surface area contributed by atoms with Crippen LogP contribution in [0.1, 0.15) is 46.2 Å². The number of carbonyl (C=O) groups is 1. The SMILES string of the molecule is N#Cc1ccc(C(=O)N2CCC[C@@H](c3nccn3Cc3cscn3)C2)cc1. The van der Waals surface area contributed by atoms with E-state index < -0.39 is 0 Å². The quantitative estimate of drug-likeness (QED) is 0.699. The average molecular weight is 377 g/mol. The van der Waals surface area contributed by atoms with Crippen LogP contribution in [-0.4, -0.2) is 38.4 Å². The molecule has 3 heterocycles. The largest absolute Gasteiger partial charge is 0.338 e. The Balaban J connectivity index is 1.49. The Bertz CT molecular complexity index is 955. The summed E-state index contributed by atoms with van der Waals surface area (Å²) in [5, 5.41) is 11.0. The summed E-state index contributed by atoms with van der Waals surface area (Å²) in [6, 6.07) is 8.92. The molecule has 1 amide bonds. The molecule has 1 aliphatic rings. The van der Waals surface area contributed by atoms with E-state index in [1.165, 1.54) is 0 Å². The van der Waals surface area contributed by atoms with E-state index in [0.717, 1.165) is 30.9 Å². The standard InChI is InChI=1S/C20H19N5OS/c21-10-15-3-5-16(6-4-15)20(26)25-8-1-2-17(11-25)19-22-7-9-24(19)12-18-13-27-14-23-18/h3-7,9,13-14,17H,1-2,8,11-12H2/t17-/m1/s1. The topological polar surface area (TPSA) is 74.8 Å². The Hall–Kier alpha value is -2.98. The van der Waals surface area contributed by atoms with Crippen molar-refractivity contribution in [2.75, 3.05) is 13.1 Å². The monoisotopic (exact) mass is 377 g/mol. The summed E-state index contributed by atoms with van der Waals surface area (Å²) >= 11 is 1.59. The number of hydrogen-bond acceptors (Lipinski definition) is 5. The molecule has 1 fully saturated rings. The zero-order chi connectivity index (χ0) is 18.6. The molecule has 1 atom stereocenters. The zero-order valence-electron chi connectivity index (χ0n) is 14.8. The molecule has 3 aromatic rings. The molecule has 0 aliphatic carbocycles. The third kappa shape index (κ3) is 3.76. The molecule has 27 heavy (non-hydrogen) atoms. The van der Waals surface area contributed by atoms with Gasteiger partial charge in [-0.3, -0.25) is 4.79 Å². The number of carbonyl (C=O) groups excluding carboxylic acids is 1. The summed E-state index contributed by atoms with van der Waals surface area (Å²) in [5.74, 6) is 1.25. The van der Waals surface area contributed by atoms with Crippen molar-refractivity contribution in [1.82, 2.24) is 19.4 Å². The Morgan fingerprint density at radius 1 is 1.30 bits per heavy atom. The Morgan fingerprint density at radius 2 is 2.15 bits per heavy atom. The van der Waals surface area contributed by atoms with E-state index in [2.05, 4.69) is 20.6 Å². The molecule has 7 heteroatoms.